The van der Waals surface area contributed by atoms with Crippen molar-refractivity contribution in [3.05, 3.63) is 116 Å². The van der Waals surface area contributed by atoms with Gasteiger partial charge in [-0.25, -0.2) is 0 Å². The number of nitrogens with zero attached hydrogens (tertiary/aromatic N) is 4. The highest BCUT2D eigenvalue weighted by molar-refractivity contribution is 7.87. The minimum absolute atomic E-state index is 0.00721. The summed E-state index contributed by atoms with van der Waals surface area (Å²) in [5.74, 6) is -2.10. The van der Waals surface area contributed by atoms with Gasteiger partial charge in [-0.2, -0.15) is 40.2 Å². The Bertz CT molecular complexity index is 3160. The molecule has 0 saturated heterocycles. The number of carbonyl (C=O) groups excluding carboxylic acids is 2. The van der Waals surface area contributed by atoms with Crippen molar-refractivity contribution < 1.29 is 48.5 Å². The lowest BCUT2D eigenvalue weighted by Gasteiger charge is -2.26. The van der Waals surface area contributed by atoms with Crippen molar-refractivity contribution in [2.45, 2.75) is 14.7 Å². The second-order valence-electron chi connectivity index (χ2n) is 11.9. The summed E-state index contributed by atoms with van der Waals surface area (Å²) in [6.45, 7) is 0. The molecule has 0 saturated carbocycles. The number of carbonyl (C=O) groups is 2. The molecule has 1 aliphatic carbocycles. The number of benzene rings is 4. The van der Waals surface area contributed by atoms with Crippen molar-refractivity contribution in [1.29, 1.82) is 0 Å². The summed E-state index contributed by atoms with van der Waals surface area (Å²) in [6, 6.07) is 14.2. The van der Waals surface area contributed by atoms with Gasteiger partial charge in [0.15, 0.2) is 11.6 Å². The largest absolute Gasteiger partial charge is 0.354 e. The standard InChI is InChI=1S/C33H20Cl2N6O12S3/c1-41-21-10-9-18(36-19-12-20(37-33-39-31(34)38-32(35)40-33)23(56(51,52)53)13-22(19)55(48,49)50)25-26(21)24(16-7-2-3-8-17(16)29(25)43)27(30(41)44)28(42)14-5-4-6-15(11-14)54(45,46)47/h2-13,36H,1H3,(H,45,46,47)(H,48,49,50)(H,51,52,53)(H,37,38,39,40). The fourth-order valence-corrected chi connectivity index (χ4v) is 8.53. The van der Waals surface area contributed by atoms with E-state index in [-0.39, 0.29) is 44.4 Å². The lowest BCUT2D eigenvalue weighted by atomic mass is 9.80. The van der Waals surface area contributed by atoms with E-state index < -0.39 is 95.6 Å². The zero-order valence-electron chi connectivity index (χ0n) is 27.7. The minimum atomic E-state index is -5.32. The molecule has 6 aromatic rings. The van der Waals surface area contributed by atoms with E-state index in [0.717, 1.165) is 22.8 Å². The van der Waals surface area contributed by atoms with E-state index in [2.05, 4.69) is 25.6 Å². The average molecular weight is 860 g/mol. The van der Waals surface area contributed by atoms with Crippen molar-refractivity contribution in [2.75, 3.05) is 10.6 Å². The Morgan fingerprint density at radius 3 is 1.89 bits per heavy atom. The van der Waals surface area contributed by atoms with Gasteiger partial charge in [0.25, 0.3) is 35.9 Å². The molecule has 0 atom stereocenters. The molecule has 0 unspecified atom stereocenters. The summed E-state index contributed by atoms with van der Waals surface area (Å²) in [7, 11) is -14.0. The molecule has 0 spiro atoms. The normalized spacial score (nSPS) is 12.7. The molecule has 2 aromatic heterocycles. The first-order valence-electron chi connectivity index (χ1n) is 15.4. The maximum atomic E-state index is 14.4. The zero-order chi connectivity index (χ0) is 40.6. The van der Waals surface area contributed by atoms with Crippen LogP contribution in [0.1, 0.15) is 31.8 Å². The molecule has 0 amide bonds. The summed E-state index contributed by atoms with van der Waals surface area (Å²) < 4.78 is 105. The summed E-state index contributed by atoms with van der Waals surface area (Å²) in [6.07, 6.45) is 0. The average Bonchev–Trinajstić information content (AvgIpc) is 3.10. The van der Waals surface area contributed by atoms with Crippen LogP contribution in [-0.2, 0) is 37.4 Å². The van der Waals surface area contributed by atoms with Gasteiger partial charge in [0.1, 0.15) is 9.79 Å². The Morgan fingerprint density at radius 1 is 0.679 bits per heavy atom. The van der Waals surface area contributed by atoms with E-state index in [9.17, 15) is 53.3 Å². The predicted molar refractivity (Wildman–Crippen MR) is 200 cm³/mol. The van der Waals surface area contributed by atoms with Crippen LogP contribution in [0.5, 0.6) is 0 Å². The van der Waals surface area contributed by atoms with Crippen LogP contribution < -0.4 is 16.2 Å². The van der Waals surface area contributed by atoms with E-state index >= 15 is 0 Å². The van der Waals surface area contributed by atoms with E-state index in [1.165, 1.54) is 49.5 Å². The first-order chi connectivity index (χ1) is 26.1. The molecule has 5 N–H and O–H groups in total. The molecule has 0 bridgehead atoms. The number of hydrogen-bond donors (Lipinski definition) is 5. The number of fused-ring (bicyclic) bond motifs is 2. The number of rotatable bonds is 9. The van der Waals surface area contributed by atoms with Gasteiger partial charge in [-0.15, -0.1) is 0 Å². The lowest BCUT2D eigenvalue weighted by Crippen LogP contribution is -2.29. The molecular formula is C33H20Cl2N6O12S3. The number of hydrogen-bond acceptors (Lipinski definition) is 14. The third-order valence-corrected chi connectivity index (χ3v) is 11.6. The van der Waals surface area contributed by atoms with Gasteiger partial charge in [-0.3, -0.25) is 28.0 Å². The zero-order valence-corrected chi connectivity index (χ0v) is 31.7. The number of ketones is 2. The number of aryl methyl sites for hydroxylation is 1. The lowest BCUT2D eigenvalue weighted by molar-refractivity contribution is 0.102. The molecule has 4 aromatic carbocycles. The van der Waals surface area contributed by atoms with Gasteiger partial charge in [0, 0.05) is 29.1 Å². The van der Waals surface area contributed by atoms with Crippen LogP contribution in [0.3, 0.4) is 0 Å². The summed E-state index contributed by atoms with van der Waals surface area (Å²) in [5.41, 5.74) is -2.92. The Kier molecular flexibility index (Phi) is 9.33. The van der Waals surface area contributed by atoms with Crippen LogP contribution in [0, 0.1) is 0 Å². The fourth-order valence-electron chi connectivity index (χ4n) is 6.26. The van der Waals surface area contributed by atoms with Crippen molar-refractivity contribution in [2.24, 2.45) is 7.05 Å². The Labute approximate surface area is 325 Å². The number of nitrogens with one attached hydrogen (secondary N) is 2. The molecule has 2 heterocycles. The van der Waals surface area contributed by atoms with Gasteiger partial charge in [0.2, 0.25) is 16.5 Å². The second kappa shape index (κ2) is 13.5. The molecular weight excluding hydrogens is 840 g/mol. The third-order valence-electron chi connectivity index (χ3n) is 8.59. The summed E-state index contributed by atoms with van der Waals surface area (Å²) in [5, 5.41) is 4.33. The quantitative estimate of drug-likeness (QED) is 0.0971. The Morgan fingerprint density at radius 2 is 1.29 bits per heavy atom. The highest BCUT2D eigenvalue weighted by Crippen LogP contribution is 2.45. The summed E-state index contributed by atoms with van der Waals surface area (Å²) >= 11 is 11.7. The first kappa shape index (κ1) is 38.6. The van der Waals surface area contributed by atoms with Crippen molar-refractivity contribution >= 4 is 99.0 Å². The predicted octanol–water partition coefficient (Wildman–Crippen LogP) is 4.70. The third kappa shape index (κ3) is 6.79. The molecule has 56 heavy (non-hydrogen) atoms. The molecule has 1 aliphatic rings. The van der Waals surface area contributed by atoms with E-state index in [1.54, 1.807) is 6.07 Å². The highest BCUT2D eigenvalue weighted by Gasteiger charge is 2.35. The van der Waals surface area contributed by atoms with E-state index in [0.29, 0.717) is 6.07 Å². The van der Waals surface area contributed by atoms with Crippen molar-refractivity contribution in [3.63, 3.8) is 0 Å². The maximum absolute atomic E-state index is 14.4. The highest BCUT2D eigenvalue weighted by atomic mass is 35.5. The molecule has 286 valence electrons. The van der Waals surface area contributed by atoms with Gasteiger partial charge < -0.3 is 15.2 Å². The van der Waals surface area contributed by atoms with Crippen LogP contribution in [0.2, 0.25) is 10.6 Å². The van der Waals surface area contributed by atoms with Gasteiger partial charge in [0.05, 0.1) is 38.6 Å². The van der Waals surface area contributed by atoms with E-state index in [1.807, 2.05) is 0 Å². The smallest absolute Gasteiger partial charge is 0.296 e. The number of halogens is 2. The number of pyridine rings is 1. The molecule has 0 radical (unpaired) electrons. The minimum Gasteiger partial charge on any atom is -0.354 e. The molecule has 0 fully saturated rings. The SMILES string of the molecule is Cn1c(=O)c(C(=O)c2cccc(S(=O)(=O)O)c2)c2c3c(c(Nc4cc(Nc5nc(Cl)nc(Cl)n5)c(S(=O)(=O)O)cc4S(=O)(=O)O)ccc31)C(=O)c1ccccc1-2. The number of anilines is 4. The van der Waals surface area contributed by atoms with Crippen LogP contribution >= 0.6 is 23.2 Å². The number of aromatic nitrogens is 4. The monoisotopic (exact) mass is 858 g/mol. The van der Waals surface area contributed by atoms with Crippen LogP contribution in [0.15, 0.2) is 92.3 Å². The van der Waals surface area contributed by atoms with Gasteiger partial charge in [-0.1, -0.05) is 36.4 Å². The van der Waals surface area contributed by atoms with Crippen molar-refractivity contribution in [1.82, 2.24) is 19.5 Å². The molecule has 18 nitrogen and oxygen atoms in total. The van der Waals surface area contributed by atoms with Gasteiger partial charge in [-0.05, 0) is 65.2 Å². The maximum Gasteiger partial charge on any atom is 0.296 e. The molecule has 0 aliphatic heterocycles. The Balaban J connectivity index is 1.52. The fraction of sp³-hybridized carbons (Fsp3) is 0.0303. The molecule has 23 heteroatoms. The van der Waals surface area contributed by atoms with Crippen LogP contribution in [0.4, 0.5) is 23.0 Å². The molecule has 7 rings (SSSR count). The van der Waals surface area contributed by atoms with E-state index in [4.69, 9.17) is 23.2 Å². The second-order valence-corrected chi connectivity index (χ2v) is 16.8. The topological polar surface area (TPSA) is 282 Å². The van der Waals surface area contributed by atoms with Crippen molar-refractivity contribution in [3.8, 4) is 11.1 Å². The van der Waals surface area contributed by atoms with Gasteiger partial charge >= 0.3 is 0 Å². The van der Waals surface area contributed by atoms with Crippen LogP contribution in [-0.4, -0.2) is 70.0 Å². The van der Waals surface area contributed by atoms with Crippen LogP contribution in [0.25, 0.3) is 22.0 Å². The summed E-state index contributed by atoms with van der Waals surface area (Å²) in [4.78, 5) is 51.0. The Hall–Kier alpha value is -5.65. The first-order valence-corrected chi connectivity index (χ1v) is 20.4.